The minimum Gasteiger partial charge on any atom is -0.502 e. The predicted octanol–water partition coefficient (Wildman–Crippen LogP) is 3.17. The lowest BCUT2D eigenvalue weighted by molar-refractivity contribution is -0.122. The predicted molar refractivity (Wildman–Crippen MR) is 111 cm³/mol. The number of rotatable bonds is 7. The van der Waals surface area contributed by atoms with E-state index in [-0.39, 0.29) is 18.1 Å². The summed E-state index contributed by atoms with van der Waals surface area (Å²) in [4.78, 5) is 27.5. The van der Waals surface area contributed by atoms with E-state index in [1.165, 1.54) is 6.07 Å². The normalized spacial score (nSPS) is 11.6. The zero-order chi connectivity index (χ0) is 21.2. The molecule has 0 spiro atoms. The van der Waals surface area contributed by atoms with Crippen molar-refractivity contribution in [2.24, 2.45) is 0 Å². The van der Waals surface area contributed by atoms with Gasteiger partial charge < -0.3 is 24.6 Å². The van der Waals surface area contributed by atoms with Crippen LogP contribution in [0.15, 0.2) is 39.7 Å². The Morgan fingerprint density at radius 3 is 2.79 bits per heavy atom. The van der Waals surface area contributed by atoms with Crippen LogP contribution in [0.2, 0.25) is 0 Å². The van der Waals surface area contributed by atoms with Crippen molar-refractivity contribution in [3.05, 3.63) is 57.8 Å². The Kier molecular flexibility index (Phi) is 5.68. The monoisotopic (exact) mass is 398 g/mol. The lowest BCUT2D eigenvalue weighted by Crippen LogP contribution is -2.32. The highest BCUT2D eigenvalue weighted by molar-refractivity contribution is 5.84. The summed E-state index contributed by atoms with van der Waals surface area (Å²) in [6.45, 7) is 5.62. The Morgan fingerprint density at radius 2 is 2.07 bits per heavy atom. The fourth-order valence-corrected chi connectivity index (χ4v) is 3.43. The van der Waals surface area contributed by atoms with Crippen LogP contribution in [0, 0.1) is 6.92 Å². The second-order valence-corrected chi connectivity index (χ2v) is 7.79. The van der Waals surface area contributed by atoms with E-state index in [0.717, 1.165) is 22.2 Å². The fraction of sp³-hybridized carbons (Fsp3) is 0.364. The molecule has 0 aliphatic heterocycles. The number of fused-ring (bicyclic) bond motifs is 1. The van der Waals surface area contributed by atoms with Crippen molar-refractivity contribution in [1.82, 2.24) is 10.3 Å². The number of benzene rings is 1. The van der Waals surface area contributed by atoms with Crippen LogP contribution in [0.25, 0.3) is 10.9 Å². The van der Waals surface area contributed by atoms with Gasteiger partial charge in [0, 0.05) is 41.5 Å². The summed E-state index contributed by atoms with van der Waals surface area (Å²) in [6, 6.07) is 7.05. The number of nitrogens with one attached hydrogen (secondary N) is 2. The molecule has 0 saturated carbocycles. The molecule has 0 radical (unpaired) electrons. The molecule has 29 heavy (non-hydrogen) atoms. The molecule has 7 nitrogen and oxygen atoms in total. The molecular formula is C22H26N2O5. The van der Waals surface area contributed by atoms with Crippen LogP contribution in [0.1, 0.15) is 37.4 Å². The first-order valence-corrected chi connectivity index (χ1v) is 9.46. The Hall–Kier alpha value is -3.22. The minimum absolute atomic E-state index is 0.0780. The Labute approximate surface area is 168 Å². The summed E-state index contributed by atoms with van der Waals surface area (Å²) >= 11 is 0. The van der Waals surface area contributed by atoms with E-state index < -0.39 is 16.6 Å². The first-order valence-electron chi connectivity index (χ1n) is 9.46. The van der Waals surface area contributed by atoms with Crippen molar-refractivity contribution in [3.63, 3.8) is 0 Å². The molecule has 0 aliphatic rings. The van der Waals surface area contributed by atoms with Crippen molar-refractivity contribution >= 4 is 16.8 Å². The molecule has 3 rings (SSSR count). The summed E-state index contributed by atoms with van der Waals surface area (Å²) in [7, 11) is 1.63. The number of aromatic nitrogens is 1. The SMILES string of the molecule is COc1ccc2[nH]cc(CCNC(=O)CC(C)(C)c3oc(C)cc(=O)c3O)c2c1. The van der Waals surface area contributed by atoms with Gasteiger partial charge in [-0.25, -0.2) is 0 Å². The van der Waals surface area contributed by atoms with Crippen LogP contribution in [0.4, 0.5) is 0 Å². The van der Waals surface area contributed by atoms with Gasteiger partial charge in [-0.15, -0.1) is 0 Å². The van der Waals surface area contributed by atoms with Crippen LogP contribution in [0.3, 0.4) is 0 Å². The molecule has 0 atom stereocenters. The fourth-order valence-electron chi connectivity index (χ4n) is 3.43. The number of methoxy groups -OCH3 is 1. The van der Waals surface area contributed by atoms with Gasteiger partial charge in [0.25, 0.3) is 0 Å². The standard InChI is InChI=1S/C22H26N2O5/c1-13-9-18(25)20(27)21(29-13)22(2,3)11-19(26)23-8-7-14-12-24-17-6-5-15(28-4)10-16(14)17/h5-6,9-10,12,24,27H,7-8,11H2,1-4H3,(H,23,26). The van der Waals surface area contributed by atoms with Crippen LogP contribution >= 0.6 is 0 Å². The molecule has 0 saturated heterocycles. The number of amides is 1. The second-order valence-electron chi connectivity index (χ2n) is 7.79. The highest BCUT2D eigenvalue weighted by Crippen LogP contribution is 2.32. The summed E-state index contributed by atoms with van der Waals surface area (Å²) in [5.41, 5.74) is 0.763. The maximum atomic E-state index is 12.5. The van der Waals surface area contributed by atoms with Gasteiger partial charge in [-0.05, 0) is 37.1 Å². The molecule has 1 amide bonds. The average Bonchev–Trinajstić information content (AvgIpc) is 3.06. The third-order valence-electron chi connectivity index (χ3n) is 4.95. The molecule has 0 bridgehead atoms. The maximum absolute atomic E-state index is 12.5. The smallest absolute Gasteiger partial charge is 0.227 e. The van der Waals surface area contributed by atoms with Gasteiger partial charge in [-0.2, -0.15) is 0 Å². The first-order chi connectivity index (χ1) is 13.7. The topological polar surface area (TPSA) is 105 Å². The van der Waals surface area contributed by atoms with E-state index in [4.69, 9.17) is 9.15 Å². The minimum atomic E-state index is -0.826. The number of aromatic amines is 1. The highest BCUT2D eigenvalue weighted by atomic mass is 16.5. The largest absolute Gasteiger partial charge is 0.502 e. The van der Waals surface area contributed by atoms with Crippen molar-refractivity contribution in [2.45, 2.75) is 39.0 Å². The molecule has 0 aliphatic carbocycles. The van der Waals surface area contributed by atoms with E-state index in [1.54, 1.807) is 27.9 Å². The van der Waals surface area contributed by atoms with E-state index in [0.29, 0.717) is 18.7 Å². The van der Waals surface area contributed by atoms with Crippen molar-refractivity contribution in [2.75, 3.05) is 13.7 Å². The highest BCUT2D eigenvalue weighted by Gasteiger charge is 2.31. The number of aryl methyl sites for hydroxylation is 1. The van der Waals surface area contributed by atoms with Crippen molar-refractivity contribution in [1.29, 1.82) is 0 Å². The van der Waals surface area contributed by atoms with E-state index in [2.05, 4.69) is 10.3 Å². The van der Waals surface area contributed by atoms with Crippen LogP contribution in [-0.4, -0.2) is 29.7 Å². The Morgan fingerprint density at radius 1 is 1.31 bits per heavy atom. The number of hydrogen-bond donors (Lipinski definition) is 3. The van der Waals surface area contributed by atoms with Gasteiger partial charge in [0.15, 0.2) is 5.76 Å². The summed E-state index contributed by atoms with van der Waals surface area (Å²) in [6.07, 6.45) is 2.67. The number of H-pyrrole nitrogens is 1. The molecule has 154 valence electrons. The number of hydrogen-bond acceptors (Lipinski definition) is 5. The molecular weight excluding hydrogens is 372 g/mol. The van der Waals surface area contributed by atoms with Gasteiger partial charge in [0.1, 0.15) is 11.5 Å². The van der Waals surface area contributed by atoms with Crippen molar-refractivity contribution < 1.29 is 19.1 Å². The van der Waals surface area contributed by atoms with Gasteiger partial charge >= 0.3 is 0 Å². The zero-order valence-corrected chi connectivity index (χ0v) is 17.1. The first kappa shape index (κ1) is 20.5. The van der Waals surface area contributed by atoms with Gasteiger partial charge in [-0.3, -0.25) is 9.59 Å². The van der Waals surface area contributed by atoms with Crippen LogP contribution < -0.4 is 15.5 Å². The van der Waals surface area contributed by atoms with Gasteiger partial charge in [0.2, 0.25) is 17.1 Å². The quantitative estimate of drug-likeness (QED) is 0.567. The molecule has 3 aromatic rings. The Bertz CT molecular complexity index is 1090. The van der Waals surface area contributed by atoms with E-state index in [1.807, 2.05) is 24.4 Å². The molecule has 1 aromatic carbocycles. The summed E-state index contributed by atoms with van der Waals surface area (Å²) < 4.78 is 10.8. The number of aromatic hydroxyl groups is 1. The lowest BCUT2D eigenvalue weighted by atomic mass is 9.85. The number of ether oxygens (including phenoxy) is 1. The van der Waals surface area contributed by atoms with E-state index in [9.17, 15) is 14.7 Å². The molecule has 2 heterocycles. The molecule has 7 heteroatoms. The lowest BCUT2D eigenvalue weighted by Gasteiger charge is -2.23. The summed E-state index contributed by atoms with van der Waals surface area (Å²) in [5, 5.41) is 14.0. The second kappa shape index (κ2) is 8.03. The molecule has 2 aromatic heterocycles. The number of carbonyl (C=O) groups excluding carboxylic acids is 1. The van der Waals surface area contributed by atoms with Gasteiger partial charge in [0.05, 0.1) is 7.11 Å². The van der Waals surface area contributed by atoms with Crippen LogP contribution in [-0.2, 0) is 16.6 Å². The van der Waals surface area contributed by atoms with Gasteiger partial charge in [-0.1, -0.05) is 13.8 Å². The van der Waals surface area contributed by atoms with E-state index >= 15 is 0 Å². The average molecular weight is 398 g/mol. The third-order valence-corrected chi connectivity index (χ3v) is 4.95. The molecule has 0 unspecified atom stereocenters. The molecule has 3 N–H and O–H groups in total. The third kappa shape index (κ3) is 4.45. The van der Waals surface area contributed by atoms with Crippen molar-refractivity contribution in [3.8, 4) is 11.5 Å². The number of carbonyl (C=O) groups is 1. The summed E-state index contributed by atoms with van der Waals surface area (Å²) in [5.74, 6) is 0.674. The Balaban J connectivity index is 1.64. The molecule has 0 fully saturated rings. The van der Waals surface area contributed by atoms with Crippen LogP contribution in [0.5, 0.6) is 11.5 Å². The zero-order valence-electron chi connectivity index (χ0n) is 17.1. The maximum Gasteiger partial charge on any atom is 0.227 e.